The molecule has 1 amide bonds. The van der Waals surface area contributed by atoms with Crippen LogP contribution in [0.25, 0.3) is 0 Å². The minimum absolute atomic E-state index is 0. The Kier molecular flexibility index (Phi) is 12.2. The molecule has 0 saturated heterocycles. The lowest BCUT2D eigenvalue weighted by atomic mass is 10.1. The van der Waals surface area contributed by atoms with E-state index in [4.69, 9.17) is 4.74 Å². The number of hydrogen-bond acceptors (Lipinski definition) is 3. The maximum absolute atomic E-state index is 12.3. The van der Waals surface area contributed by atoms with Crippen LogP contribution < -0.4 is 10.6 Å². The van der Waals surface area contributed by atoms with Crippen molar-refractivity contribution in [3.8, 4) is 0 Å². The van der Waals surface area contributed by atoms with E-state index in [1.165, 1.54) is 0 Å². The molecule has 0 aromatic heterocycles. The highest BCUT2D eigenvalue weighted by Crippen LogP contribution is 2.07. The second kappa shape index (κ2) is 12.9. The van der Waals surface area contributed by atoms with Gasteiger partial charge in [0.25, 0.3) is 0 Å². The maximum Gasteiger partial charge on any atom is 0.224 e. The van der Waals surface area contributed by atoms with Crippen LogP contribution in [0.4, 0.5) is 0 Å². The fourth-order valence-electron chi connectivity index (χ4n) is 2.10. The topological polar surface area (TPSA) is 66.0 Å². The molecular weight excluding hydrogens is 443 g/mol. The lowest BCUT2D eigenvalue weighted by molar-refractivity contribution is -0.130. The Bertz CT molecular complexity index is 550. The molecule has 0 heterocycles. The number of hydrogen-bond donors (Lipinski definition) is 2. The third-order valence-electron chi connectivity index (χ3n) is 3.83. The van der Waals surface area contributed by atoms with Crippen LogP contribution in [0.1, 0.15) is 32.8 Å². The number of rotatable bonds is 9. The number of ether oxygens (including phenoxy) is 1. The van der Waals surface area contributed by atoms with E-state index >= 15 is 0 Å². The van der Waals surface area contributed by atoms with Crippen molar-refractivity contribution in [1.29, 1.82) is 0 Å². The number of amides is 1. The SMILES string of the molecule is CCNC(=NCC(C)(C)OC)NCCC(=O)N(C)Cc1ccccc1.I. The monoisotopic (exact) mass is 476 g/mol. The van der Waals surface area contributed by atoms with E-state index < -0.39 is 0 Å². The molecule has 2 N–H and O–H groups in total. The van der Waals surface area contributed by atoms with E-state index in [-0.39, 0.29) is 35.5 Å². The number of carbonyl (C=O) groups is 1. The molecule has 0 bridgehead atoms. The van der Waals surface area contributed by atoms with Crippen molar-refractivity contribution < 1.29 is 9.53 Å². The zero-order valence-corrected chi connectivity index (χ0v) is 18.9. The summed E-state index contributed by atoms with van der Waals surface area (Å²) in [5.41, 5.74) is 0.816. The third-order valence-corrected chi connectivity index (χ3v) is 3.83. The second-order valence-electron chi connectivity index (χ2n) is 6.57. The van der Waals surface area contributed by atoms with Crippen molar-refractivity contribution in [1.82, 2.24) is 15.5 Å². The van der Waals surface area contributed by atoms with Crippen molar-refractivity contribution >= 4 is 35.8 Å². The predicted molar refractivity (Wildman–Crippen MR) is 118 cm³/mol. The summed E-state index contributed by atoms with van der Waals surface area (Å²) in [4.78, 5) is 18.5. The fourth-order valence-corrected chi connectivity index (χ4v) is 2.10. The third kappa shape index (κ3) is 9.96. The Labute approximate surface area is 174 Å². The number of guanidine groups is 1. The van der Waals surface area contributed by atoms with Gasteiger partial charge in [0.15, 0.2) is 5.96 Å². The Morgan fingerprint density at radius 2 is 1.88 bits per heavy atom. The zero-order chi connectivity index (χ0) is 18.7. The van der Waals surface area contributed by atoms with Crippen LogP contribution in [0.5, 0.6) is 0 Å². The highest BCUT2D eigenvalue weighted by molar-refractivity contribution is 14.0. The first-order valence-electron chi connectivity index (χ1n) is 8.73. The van der Waals surface area contributed by atoms with E-state index in [1.54, 1.807) is 12.0 Å². The maximum atomic E-state index is 12.3. The molecule has 0 spiro atoms. The molecule has 148 valence electrons. The van der Waals surface area contributed by atoms with Gasteiger partial charge in [0.05, 0.1) is 12.1 Å². The van der Waals surface area contributed by atoms with E-state index in [9.17, 15) is 4.79 Å². The van der Waals surface area contributed by atoms with Crippen LogP contribution >= 0.6 is 24.0 Å². The average Bonchev–Trinajstić information content (AvgIpc) is 2.60. The Hall–Kier alpha value is -1.35. The van der Waals surface area contributed by atoms with Crippen LogP contribution in [-0.4, -0.2) is 56.2 Å². The minimum Gasteiger partial charge on any atom is -0.377 e. The van der Waals surface area contributed by atoms with Crippen LogP contribution in [0.2, 0.25) is 0 Å². The molecule has 0 aliphatic carbocycles. The van der Waals surface area contributed by atoms with Crippen LogP contribution in [-0.2, 0) is 16.1 Å². The molecule has 6 nitrogen and oxygen atoms in total. The van der Waals surface area contributed by atoms with Gasteiger partial charge in [-0.2, -0.15) is 0 Å². The first-order chi connectivity index (χ1) is 11.9. The second-order valence-corrected chi connectivity index (χ2v) is 6.57. The molecule has 0 aliphatic heterocycles. The van der Waals surface area contributed by atoms with E-state index in [0.29, 0.717) is 32.0 Å². The van der Waals surface area contributed by atoms with Gasteiger partial charge >= 0.3 is 0 Å². The summed E-state index contributed by atoms with van der Waals surface area (Å²) >= 11 is 0. The van der Waals surface area contributed by atoms with E-state index in [2.05, 4.69) is 15.6 Å². The summed E-state index contributed by atoms with van der Waals surface area (Å²) in [6, 6.07) is 9.98. The Morgan fingerprint density at radius 3 is 2.46 bits per heavy atom. The van der Waals surface area contributed by atoms with Crippen molar-refractivity contribution in [2.45, 2.75) is 39.3 Å². The van der Waals surface area contributed by atoms with Crippen LogP contribution in [0.15, 0.2) is 35.3 Å². The van der Waals surface area contributed by atoms with Gasteiger partial charge in [0.1, 0.15) is 0 Å². The summed E-state index contributed by atoms with van der Waals surface area (Å²) in [5.74, 6) is 0.801. The molecule has 0 fully saturated rings. The molecule has 0 saturated carbocycles. The first kappa shape index (κ1) is 24.7. The van der Waals surface area contributed by atoms with Gasteiger partial charge in [0, 0.05) is 40.2 Å². The quantitative estimate of drug-likeness (QED) is 0.327. The number of aliphatic imine (C=N–C) groups is 1. The molecular formula is C19H33IN4O2. The lowest BCUT2D eigenvalue weighted by Gasteiger charge is -2.21. The van der Waals surface area contributed by atoms with Crippen molar-refractivity contribution in [3.63, 3.8) is 0 Å². The summed E-state index contributed by atoms with van der Waals surface area (Å²) in [7, 11) is 3.51. The smallest absolute Gasteiger partial charge is 0.224 e. The van der Waals surface area contributed by atoms with Crippen LogP contribution in [0, 0.1) is 0 Å². The number of benzene rings is 1. The van der Waals surface area contributed by atoms with E-state index in [1.807, 2.05) is 58.2 Å². The Balaban J connectivity index is 0.00000625. The van der Waals surface area contributed by atoms with Crippen molar-refractivity contribution in [2.75, 3.05) is 33.8 Å². The normalized spacial score (nSPS) is 11.5. The molecule has 0 atom stereocenters. The molecule has 0 unspecified atom stereocenters. The first-order valence-corrected chi connectivity index (χ1v) is 8.73. The van der Waals surface area contributed by atoms with Crippen molar-refractivity contribution in [2.24, 2.45) is 4.99 Å². The minimum atomic E-state index is -0.311. The number of nitrogens with one attached hydrogen (secondary N) is 2. The van der Waals surface area contributed by atoms with Crippen LogP contribution in [0.3, 0.4) is 0 Å². The standard InChI is InChI=1S/C19H32N4O2.HI/c1-6-20-18(22-15-19(2,3)25-5)21-13-12-17(24)23(4)14-16-10-8-7-9-11-16;/h7-11H,6,12-15H2,1-5H3,(H2,20,21,22);1H. The average molecular weight is 476 g/mol. The van der Waals surface area contributed by atoms with Gasteiger partial charge in [-0.3, -0.25) is 9.79 Å². The lowest BCUT2D eigenvalue weighted by Crippen LogP contribution is -2.40. The number of halogens is 1. The van der Waals surface area contributed by atoms with Gasteiger partial charge in [-0.1, -0.05) is 30.3 Å². The van der Waals surface area contributed by atoms with Gasteiger partial charge in [0.2, 0.25) is 5.91 Å². The van der Waals surface area contributed by atoms with E-state index in [0.717, 1.165) is 12.1 Å². The largest absolute Gasteiger partial charge is 0.377 e. The van der Waals surface area contributed by atoms with Gasteiger partial charge in [-0.25, -0.2) is 0 Å². The molecule has 1 aromatic carbocycles. The summed E-state index contributed by atoms with van der Waals surface area (Å²) in [5, 5.41) is 6.38. The van der Waals surface area contributed by atoms with Crippen molar-refractivity contribution in [3.05, 3.63) is 35.9 Å². The van der Waals surface area contributed by atoms with Gasteiger partial charge in [-0.05, 0) is 26.3 Å². The summed E-state index contributed by atoms with van der Waals surface area (Å²) in [6.45, 7) is 8.45. The summed E-state index contributed by atoms with van der Waals surface area (Å²) < 4.78 is 5.37. The number of methoxy groups -OCH3 is 1. The Morgan fingerprint density at radius 1 is 1.23 bits per heavy atom. The molecule has 0 aliphatic rings. The molecule has 1 rings (SSSR count). The zero-order valence-electron chi connectivity index (χ0n) is 16.5. The highest BCUT2D eigenvalue weighted by atomic mass is 127. The van der Waals surface area contributed by atoms with Gasteiger partial charge in [-0.15, -0.1) is 24.0 Å². The highest BCUT2D eigenvalue weighted by Gasteiger charge is 2.16. The predicted octanol–water partition coefficient (Wildman–Crippen LogP) is 2.63. The number of carbonyl (C=O) groups excluding carboxylic acids is 1. The molecule has 26 heavy (non-hydrogen) atoms. The molecule has 0 radical (unpaired) electrons. The fraction of sp³-hybridized carbons (Fsp3) is 0.579. The van der Waals surface area contributed by atoms with Gasteiger partial charge < -0.3 is 20.3 Å². The number of nitrogens with zero attached hydrogens (tertiary/aromatic N) is 2. The summed E-state index contributed by atoms with van der Waals surface area (Å²) in [6.07, 6.45) is 0.418. The molecule has 1 aromatic rings. The molecule has 7 heteroatoms.